The molecular weight excluding hydrogens is 271 g/mol. The van der Waals surface area contributed by atoms with Crippen LogP contribution in [0.25, 0.3) is 0 Å². The van der Waals surface area contributed by atoms with Gasteiger partial charge in [0.25, 0.3) is 0 Å². The highest BCUT2D eigenvalue weighted by molar-refractivity contribution is 5.27. The lowest BCUT2D eigenvalue weighted by Gasteiger charge is -2.20. The zero-order valence-corrected chi connectivity index (χ0v) is 11.8. The predicted molar refractivity (Wildman–Crippen MR) is 70.5 cm³/mol. The van der Waals surface area contributed by atoms with E-state index in [0.717, 1.165) is 12.1 Å². The maximum Gasteiger partial charge on any atom is 0.416 e. The van der Waals surface area contributed by atoms with Crippen LogP contribution in [-0.4, -0.2) is 33.5 Å². The maximum atomic E-state index is 12.6. The number of hydrogen-bond donors (Lipinski definition) is 1. The van der Waals surface area contributed by atoms with Crippen LogP contribution in [0.2, 0.25) is 0 Å². The van der Waals surface area contributed by atoms with Gasteiger partial charge in [0.2, 0.25) is 0 Å². The standard InChI is InChI=1S/C14H20F3NO2/c1-10(18-8-13(20-3)9-19-2)11-5-4-6-12(7-11)14(15,16)17/h4-7,10,13,18H,8-9H2,1-3H3. The highest BCUT2D eigenvalue weighted by Gasteiger charge is 2.30. The first-order valence-corrected chi connectivity index (χ1v) is 6.30. The van der Waals surface area contributed by atoms with Crippen LogP contribution in [0.5, 0.6) is 0 Å². The van der Waals surface area contributed by atoms with Crippen LogP contribution in [-0.2, 0) is 15.7 Å². The maximum absolute atomic E-state index is 12.6. The van der Waals surface area contributed by atoms with Crippen molar-refractivity contribution in [3.8, 4) is 0 Å². The average Bonchev–Trinajstić information content (AvgIpc) is 2.42. The van der Waals surface area contributed by atoms with Crippen molar-refractivity contribution in [2.45, 2.75) is 25.2 Å². The van der Waals surface area contributed by atoms with Crippen molar-refractivity contribution in [1.29, 1.82) is 0 Å². The van der Waals surface area contributed by atoms with Crippen molar-refractivity contribution in [3.63, 3.8) is 0 Å². The Bertz CT molecular complexity index is 410. The first-order chi connectivity index (χ1) is 9.38. The summed E-state index contributed by atoms with van der Waals surface area (Å²) < 4.78 is 48.1. The van der Waals surface area contributed by atoms with E-state index < -0.39 is 11.7 Å². The average molecular weight is 291 g/mol. The lowest BCUT2D eigenvalue weighted by molar-refractivity contribution is -0.137. The molecule has 114 valence electrons. The molecular formula is C14H20F3NO2. The van der Waals surface area contributed by atoms with Gasteiger partial charge in [-0.15, -0.1) is 0 Å². The minimum Gasteiger partial charge on any atom is -0.382 e. The smallest absolute Gasteiger partial charge is 0.382 e. The Balaban J connectivity index is 2.65. The summed E-state index contributed by atoms with van der Waals surface area (Å²) in [5, 5.41) is 3.14. The molecule has 0 bridgehead atoms. The Kier molecular flexibility index (Phi) is 6.45. The van der Waals surface area contributed by atoms with E-state index in [4.69, 9.17) is 9.47 Å². The highest BCUT2D eigenvalue weighted by Crippen LogP contribution is 2.30. The van der Waals surface area contributed by atoms with Gasteiger partial charge in [-0.25, -0.2) is 0 Å². The van der Waals surface area contributed by atoms with E-state index in [9.17, 15) is 13.2 Å². The van der Waals surface area contributed by atoms with Crippen LogP contribution in [0.1, 0.15) is 24.1 Å². The largest absolute Gasteiger partial charge is 0.416 e. The molecule has 1 aromatic rings. The molecule has 1 aromatic carbocycles. The van der Waals surface area contributed by atoms with Crippen LogP contribution in [0.3, 0.4) is 0 Å². The fourth-order valence-electron chi connectivity index (χ4n) is 1.81. The molecule has 1 rings (SSSR count). The lowest BCUT2D eigenvalue weighted by Crippen LogP contribution is -2.33. The van der Waals surface area contributed by atoms with Gasteiger partial charge in [-0.05, 0) is 24.6 Å². The van der Waals surface area contributed by atoms with Crippen LogP contribution in [0.4, 0.5) is 13.2 Å². The Hall–Kier alpha value is -1.11. The molecule has 0 spiro atoms. The Labute approximate surface area is 117 Å². The van der Waals surface area contributed by atoms with Gasteiger partial charge in [0.1, 0.15) is 0 Å². The molecule has 2 atom stereocenters. The molecule has 0 aliphatic carbocycles. The van der Waals surface area contributed by atoms with E-state index in [1.165, 1.54) is 6.07 Å². The molecule has 1 N–H and O–H groups in total. The minimum atomic E-state index is -4.32. The molecule has 0 amide bonds. The first kappa shape index (κ1) is 16.9. The molecule has 0 aliphatic heterocycles. The van der Waals surface area contributed by atoms with Crippen molar-refractivity contribution in [1.82, 2.24) is 5.32 Å². The summed E-state index contributed by atoms with van der Waals surface area (Å²) in [5.74, 6) is 0. The van der Waals surface area contributed by atoms with Crippen molar-refractivity contribution >= 4 is 0 Å². The van der Waals surface area contributed by atoms with Crippen LogP contribution in [0, 0.1) is 0 Å². The van der Waals surface area contributed by atoms with Gasteiger partial charge in [0, 0.05) is 26.8 Å². The predicted octanol–water partition coefficient (Wildman–Crippen LogP) is 3.02. The van der Waals surface area contributed by atoms with Crippen LogP contribution < -0.4 is 5.32 Å². The number of nitrogens with one attached hydrogen (secondary N) is 1. The Morgan fingerprint density at radius 3 is 2.50 bits per heavy atom. The fraction of sp³-hybridized carbons (Fsp3) is 0.571. The Morgan fingerprint density at radius 1 is 1.25 bits per heavy atom. The van der Waals surface area contributed by atoms with Gasteiger partial charge in [-0.3, -0.25) is 0 Å². The second-order valence-electron chi connectivity index (χ2n) is 4.57. The quantitative estimate of drug-likeness (QED) is 0.837. The third-order valence-corrected chi connectivity index (χ3v) is 3.05. The molecule has 0 saturated carbocycles. The van der Waals surface area contributed by atoms with Crippen molar-refractivity contribution in [2.24, 2.45) is 0 Å². The van der Waals surface area contributed by atoms with Crippen molar-refractivity contribution in [2.75, 3.05) is 27.4 Å². The van der Waals surface area contributed by atoms with Gasteiger partial charge in [0.05, 0.1) is 18.3 Å². The zero-order chi connectivity index (χ0) is 15.2. The second kappa shape index (κ2) is 7.61. The van der Waals surface area contributed by atoms with E-state index in [2.05, 4.69) is 5.32 Å². The van der Waals surface area contributed by atoms with E-state index in [1.54, 1.807) is 20.3 Å². The fourth-order valence-corrected chi connectivity index (χ4v) is 1.81. The van der Waals surface area contributed by atoms with Crippen molar-refractivity contribution < 1.29 is 22.6 Å². The number of rotatable bonds is 7. The third-order valence-electron chi connectivity index (χ3n) is 3.05. The molecule has 20 heavy (non-hydrogen) atoms. The van der Waals surface area contributed by atoms with E-state index in [1.807, 2.05) is 6.92 Å². The van der Waals surface area contributed by atoms with Gasteiger partial charge in [0.15, 0.2) is 0 Å². The topological polar surface area (TPSA) is 30.5 Å². The van der Waals surface area contributed by atoms with Gasteiger partial charge < -0.3 is 14.8 Å². The van der Waals surface area contributed by atoms with Gasteiger partial charge in [-0.1, -0.05) is 12.1 Å². The number of halogens is 3. The molecule has 0 fully saturated rings. The summed E-state index contributed by atoms with van der Waals surface area (Å²) >= 11 is 0. The number of hydrogen-bond acceptors (Lipinski definition) is 3. The third kappa shape index (κ3) is 5.11. The number of benzene rings is 1. The molecule has 2 unspecified atom stereocenters. The highest BCUT2D eigenvalue weighted by atomic mass is 19.4. The molecule has 0 radical (unpaired) electrons. The normalized spacial score (nSPS) is 15.1. The van der Waals surface area contributed by atoms with Crippen LogP contribution >= 0.6 is 0 Å². The van der Waals surface area contributed by atoms with Gasteiger partial charge in [-0.2, -0.15) is 13.2 Å². The molecule has 6 heteroatoms. The monoisotopic (exact) mass is 291 g/mol. The van der Waals surface area contributed by atoms with E-state index in [-0.39, 0.29) is 12.1 Å². The minimum absolute atomic E-state index is 0.131. The number of alkyl halides is 3. The summed E-state index contributed by atoms with van der Waals surface area (Å²) in [6.07, 6.45) is -4.45. The SMILES string of the molecule is COCC(CNC(C)c1cccc(C(F)(F)F)c1)OC. The molecule has 0 aliphatic rings. The summed E-state index contributed by atoms with van der Waals surface area (Å²) in [6, 6.07) is 5.12. The summed E-state index contributed by atoms with van der Waals surface area (Å²) in [4.78, 5) is 0. The molecule has 3 nitrogen and oxygen atoms in total. The summed E-state index contributed by atoms with van der Waals surface area (Å²) in [7, 11) is 3.14. The number of ether oxygens (including phenoxy) is 2. The summed E-state index contributed by atoms with van der Waals surface area (Å²) in [5.41, 5.74) is -0.0454. The number of methoxy groups -OCH3 is 2. The second-order valence-corrected chi connectivity index (χ2v) is 4.57. The molecule has 0 saturated heterocycles. The van der Waals surface area contributed by atoms with E-state index in [0.29, 0.717) is 18.7 Å². The summed E-state index contributed by atoms with van der Waals surface area (Å²) in [6.45, 7) is 2.75. The molecule has 0 heterocycles. The molecule has 0 aromatic heterocycles. The Morgan fingerprint density at radius 2 is 1.95 bits per heavy atom. The first-order valence-electron chi connectivity index (χ1n) is 6.30. The van der Waals surface area contributed by atoms with Crippen molar-refractivity contribution in [3.05, 3.63) is 35.4 Å². The van der Waals surface area contributed by atoms with Gasteiger partial charge >= 0.3 is 6.18 Å². The van der Waals surface area contributed by atoms with Crippen LogP contribution in [0.15, 0.2) is 24.3 Å². The zero-order valence-electron chi connectivity index (χ0n) is 11.8. The van der Waals surface area contributed by atoms with E-state index >= 15 is 0 Å². The lowest BCUT2D eigenvalue weighted by atomic mass is 10.0.